The van der Waals surface area contributed by atoms with E-state index in [2.05, 4.69) is 62.1 Å². The number of hydrogen-bond acceptors (Lipinski definition) is 25. The van der Waals surface area contributed by atoms with Crippen LogP contribution in [0.2, 0.25) is 0 Å². The summed E-state index contributed by atoms with van der Waals surface area (Å²) in [4.78, 5) is 145. The lowest BCUT2D eigenvalue weighted by Crippen LogP contribution is -2.52. The Labute approximate surface area is 531 Å². The Hall–Kier alpha value is -8.76. The van der Waals surface area contributed by atoms with Crippen molar-refractivity contribution in [2.75, 3.05) is 13.1 Å². The standard InChI is InChI=1S/C57H57N15O11S6/c1-9-31(44(75)60-18-26(4)73)62-45(76)35-21-86-53(67-35)39-24-87-52(69-39)33-12-11-30-42(61-33)34-19-88-54(64-34)41(28(6)83-56(81)59-16-14-29-17-25(3)13-15-58-29)71-47(78)37-23-89-55(68-37)43(57(7,8)82)72-48(79)38-22-85-51(66-38)32(10-2)63-49(80)40(27(5)74)70-46(77)36-20-84-50(30)65-36/h9-13,15,17,19-24,27-28,40-41,43,74,82H,14,16,18H2,1-8H3,(H,59,81)(H,60,75)(H,62,76)(H,63,80)(H,70,77)(H,71,78)(H,72,79)/b31-9-,32-10-. The second-order valence-electron chi connectivity index (χ2n) is 20.4. The highest BCUT2D eigenvalue weighted by Gasteiger charge is 2.36. The van der Waals surface area contributed by atoms with E-state index in [9.17, 15) is 48.6 Å². The number of allylic oxidation sites excluding steroid dienone is 2. The average molecular weight is 1320 g/mol. The highest BCUT2D eigenvalue weighted by atomic mass is 32.1. The third-order valence-electron chi connectivity index (χ3n) is 13.1. The van der Waals surface area contributed by atoms with Crippen molar-refractivity contribution < 1.29 is 53.3 Å². The van der Waals surface area contributed by atoms with Gasteiger partial charge in [-0.1, -0.05) is 12.2 Å². The van der Waals surface area contributed by atoms with Crippen LogP contribution in [-0.4, -0.2) is 134 Å². The summed E-state index contributed by atoms with van der Waals surface area (Å²) >= 11 is 6.56. The Morgan fingerprint density at radius 2 is 1.31 bits per heavy atom. The maximum Gasteiger partial charge on any atom is 0.407 e. The first-order valence-corrected chi connectivity index (χ1v) is 32.4. The molecule has 0 radical (unpaired) electrons. The first kappa shape index (κ1) is 64.7. The van der Waals surface area contributed by atoms with Crippen molar-refractivity contribution in [3.8, 4) is 43.4 Å². The Kier molecular flexibility index (Phi) is 20.5. The van der Waals surface area contributed by atoms with Gasteiger partial charge in [0, 0.05) is 62.7 Å². The SMILES string of the molecule is C/C=C(\NC(=O)c1csc(-c2csc(-c3ccc4c(n3)-c3csc(n3)C(C(C)OC(=O)NCCc3cc(C)ccn3)NC(=O)c3csc(n3)C(C(C)(C)O)NC(=O)c3csc(n3)/C(=C/C)NC(=O)C(C(C)O)NC(=O)c3csc-4n3)n2)n1)C(=O)NCC(C)=O. The Bertz CT molecular complexity index is 4080. The van der Waals surface area contributed by atoms with Crippen molar-refractivity contribution in [2.24, 2.45) is 0 Å². The predicted octanol–water partition coefficient (Wildman–Crippen LogP) is 6.57. The molecule has 0 saturated carbocycles. The molecule has 26 nitrogen and oxygen atoms in total. The number of carbonyl (C=O) groups excluding carboxylic acids is 8. The van der Waals surface area contributed by atoms with E-state index in [0.717, 1.165) is 67.9 Å². The highest BCUT2D eigenvalue weighted by molar-refractivity contribution is 7.15. The summed E-state index contributed by atoms with van der Waals surface area (Å²) in [6.07, 6.45) is 1.70. The van der Waals surface area contributed by atoms with Gasteiger partial charge in [-0.25, -0.2) is 39.7 Å². The van der Waals surface area contributed by atoms with Gasteiger partial charge >= 0.3 is 6.09 Å². The molecule has 9 N–H and O–H groups in total. The van der Waals surface area contributed by atoms with Gasteiger partial charge in [-0.15, -0.1) is 68.0 Å². The molecule has 8 bridgehead atoms. The molecular weight excluding hydrogens is 1260 g/mol. The van der Waals surface area contributed by atoms with E-state index >= 15 is 0 Å². The maximum atomic E-state index is 14.5. The molecule has 0 aliphatic carbocycles. The molecule has 0 aromatic carbocycles. The first-order valence-electron chi connectivity index (χ1n) is 27.1. The number of Topliss-reactive ketones (excluding diaryl/α,β-unsaturated/α-hetero) is 1. The minimum Gasteiger partial charge on any atom is -0.444 e. The normalized spacial score (nSPS) is 17.1. The lowest BCUT2D eigenvalue weighted by molar-refractivity contribution is -0.124. The number of aromatic nitrogens is 8. The summed E-state index contributed by atoms with van der Waals surface area (Å²) in [7, 11) is 0. The van der Waals surface area contributed by atoms with Crippen molar-refractivity contribution in [1.29, 1.82) is 0 Å². The van der Waals surface area contributed by atoms with Crippen molar-refractivity contribution in [1.82, 2.24) is 77.1 Å². The van der Waals surface area contributed by atoms with Gasteiger partial charge < -0.3 is 52.2 Å². The zero-order chi connectivity index (χ0) is 63.8. The third-order valence-corrected chi connectivity index (χ3v) is 18.4. The number of fused-ring (bicyclic) bond motifs is 11. The number of carbonyl (C=O) groups is 8. The smallest absolute Gasteiger partial charge is 0.407 e. The van der Waals surface area contributed by atoms with E-state index in [1.807, 2.05) is 19.1 Å². The monoisotopic (exact) mass is 1320 g/mol. The number of rotatable bonds is 14. The topological polar surface area (TPSA) is 374 Å². The predicted molar refractivity (Wildman–Crippen MR) is 336 cm³/mol. The molecule has 9 heterocycles. The fourth-order valence-electron chi connectivity index (χ4n) is 8.47. The first-order chi connectivity index (χ1) is 42.5. The van der Waals surface area contributed by atoms with E-state index in [1.165, 1.54) is 72.7 Å². The summed E-state index contributed by atoms with van der Waals surface area (Å²) in [6, 6.07) is 3.32. The van der Waals surface area contributed by atoms with E-state index in [1.54, 1.807) is 49.9 Å². The molecule has 0 fully saturated rings. The molecule has 5 unspecified atom stereocenters. The molecule has 462 valence electrons. The van der Waals surface area contributed by atoms with E-state index < -0.39 is 77.5 Å². The highest BCUT2D eigenvalue weighted by Crippen LogP contribution is 2.39. The summed E-state index contributed by atoms with van der Waals surface area (Å²) in [5, 5.41) is 52.1. The van der Waals surface area contributed by atoms with Gasteiger partial charge in [0.15, 0.2) is 0 Å². The van der Waals surface area contributed by atoms with Crippen LogP contribution in [0.15, 0.2) is 80.6 Å². The van der Waals surface area contributed by atoms with Crippen LogP contribution in [0.4, 0.5) is 4.79 Å². The summed E-state index contributed by atoms with van der Waals surface area (Å²) in [5.74, 6) is -4.63. The molecule has 9 rings (SSSR count). The number of aliphatic hydroxyl groups excluding tert-OH is 1. The average Bonchev–Trinajstić information content (AvgIpc) is 1.97. The number of aliphatic hydroxyl groups is 2. The molecule has 32 heteroatoms. The molecule has 8 aromatic rings. The van der Waals surface area contributed by atoms with Gasteiger partial charge in [-0.3, -0.25) is 38.5 Å². The van der Waals surface area contributed by atoms with Gasteiger partial charge in [0.05, 0.1) is 29.6 Å². The Balaban J connectivity index is 1.09. The number of amides is 7. The van der Waals surface area contributed by atoms with Gasteiger partial charge in [-0.05, 0) is 85.2 Å². The van der Waals surface area contributed by atoms with E-state index in [4.69, 9.17) is 19.7 Å². The van der Waals surface area contributed by atoms with Gasteiger partial charge in [-0.2, -0.15) is 0 Å². The quantitative estimate of drug-likeness (QED) is 0.0520. The number of ether oxygens (including phenoxy) is 1. The Morgan fingerprint density at radius 3 is 2.01 bits per heavy atom. The zero-order valence-electron chi connectivity index (χ0n) is 48.6. The molecule has 5 atom stereocenters. The fourth-order valence-corrected chi connectivity index (χ4v) is 13.7. The molecule has 89 heavy (non-hydrogen) atoms. The van der Waals surface area contributed by atoms with Crippen LogP contribution in [0.5, 0.6) is 0 Å². The lowest BCUT2D eigenvalue weighted by Gasteiger charge is -2.28. The second-order valence-corrected chi connectivity index (χ2v) is 25.6. The van der Waals surface area contributed by atoms with Crippen LogP contribution in [-0.2, 0) is 25.5 Å². The van der Waals surface area contributed by atoms with Crippen LogP contribution < -0.4 is 37.2 Å². The molecule has 1 aliphatic rings. The van der Waals surface area contributed by atoms with Crippen LogP contribution in [0, 0.1) is 6.92 Å². The number of ketones is 1. The van der Waals surface area contributed by atoms with Crippen molar-refractivity contribution >= 4 is 121 Å². The molecule has 0 spiro atoms. The second kappa shape index (κ2) is 28.2. The zero-order valence-corrected chi connectivity index (χ0v) is 53.5. The summed E-state index contributed by atoms with van der Waals surface area (Å²) < 4.78 is 5.94. The molecular formula is C57H57N15O11S6. The van der Waals surface area contributed by atoms with Crippen molar-refractivity contribution in [3.63, 3.8) is 0 Å². The van der Waals surface area contributed by atoms with Crippen molar-refractivity contribution in [2.45, 2.75) is 97.7 Å². The molecule has 7 amide bonds. The van der Waals surface area contributed by atoms with Crippen LogP contribution in [0.1, 0.15) is 129 Å². The van der Waals surface area contributed by atoms with E-state index in [-0.39, 0.29) is 84.5 Å². The van der Waals surface area contributed by atoms with Gasteiger partial charge in [0.1, 0.15) is 106 Å². The fraction of sp³-hybridized carbons (Fsp3) is 0.298. The van der Waals surface area contributed by atoms with Gasteiger partial charge in [0.25, 0.3) is 29.5 Å². The molecule has 8 aromatic heterocycles. The van der Waals surface area contributed by atoms with Crippen LogP contribution >= 0.6 is 68.0 Å². The number of hydrogen-bond donors (Lipinski definition) is 9. The lowest BCUT2D eigenvalue weighted by atomic mass is 9.99. The van der Waals surface area contributed by atoms with Crippen LogP contribution in [0.3, 0.4) is 0 Å². The number of pyridine rings is 2. The summed E-state index contributed by atoms with van der Waals surface area (Å²) in [6.45, 7) is 12.2. The van der Waals surface area contributed by atoms with Crippen molar-refractivity contribution in [3.05, 3.63) is 130 Å². The number of nitrogens with zero attached hydrogens (tertiary/aromatic N) is 8. The maximum absolute atomic E-state index is 14.5. The largest absolute Gasteiger partial charge is 0.444 e. The summed E-state index contributed by atoms with van der Waals surface area (Å²) in [5.41, 5.74) is 1.55. The molecule has 1 aliphatic heterocycles. The van der Waals surface area contributed by atoms with Gasteiger partial charge in [0.2, 0.25) is 5.91 Å². The number of thiazole rings is 6. The number of alkyl carbamates (subject to hydrolysis) is 1. The third kappa shape index (κ3) is 15.8. The minimum absolute atomic E-state index is 0.00712. The van der Waals surface area contributed by atoms with E-state index in [0.29, 0.717) is 33.4 Å². The van der Waals surface area contributed by atoms with Crippen LogP contribution in [0.25, 0.3) is 49.1 Å². The molecule has 0 saturated heterocycles. The number of nitrogens with one attached hydrogen (secondary N) is 7. The Morgan fingerprint density at radius 1 is 0.708 bits per heavy atom. The number of aryl methyl sites for hydroxylation is 1. The minimum atomic E-state index is -1.65.